The second kappa shape index (κ2) is 55.3. The first kappa shape index (κ1) is 65.3. The predicted molar refractivity (Wildman–Crippen MR) is 292 cm³/mol. The Labute approximate surface area is 418 Å². The van der Waals surface area contributed by atoms with Gasteiger partial charge in [-0.2, -0.15) is 0 Å². The van der Waals surface area contributed by atoms with E-state index in [0.717, 1.165) is 70.6 Å². The first-order chi connectivity index (χ1) is 33.0. The van der Waals surface area contributed by atoms with Crippen molar-refractivity contribution in [1.29, 1.82) is 0 Å². The topological polar surface area (TPSA) is 95.9 Å². The standard InChI is InChI=1S/C61H117NO5/c1-4-7-10-13-16-19-22-25-27-29-30-31-33-36-39-42-45-48-51-54-61(66)67-57(52-49-46-43-40-37-34-24-21-18-15-12-9-6-3)55-60(65)62-58(56-63)59(64)53-50-47-44-41-38-35-32-28-26-23-20-17-14-11-8-5-2/h18,21,24,34,57-59,63-64H,4-17,19-20,22-23,25-33,35-56H2,1-3H3,(H,62,65)/b21-18+,34-24+. The van der Waals surface area contributed by atoms with Crippen molar-refractivity contribution in [2.75, 3.05) is 6.61 Å². The first-order valence-corrected chi connectivity index (χ1v) is 30.1. The number of carbonyl (C=O) groups is 2. The Bertz CT molecular complexity index is 1060. The summed E-state index contributed by atoms with van der Waals surface area (Å²) in [5, 5.41) is 23.9. The van der Waals surface area contributed by atoms with Crippen molar-refractivity contribution in [3.8, 4) is 0 Å². The maximum atomic E-state index is 13.3. The molecule has 0 spiro atoms. The van der Waals surface area contributed by atoms with Crippen LogP contribution in [0.25, 0.3) is 0 Å². The monoisotopic (exact) mass is 944 g/mol. The summed E-state index contributed by atoms with van der Waals surface area (Å²) in [5.41, 5.74) is 0. The van der Waals surface area contributed by atoms with E-state index in [9.17, 15) is 19.8 Å². The largest absolute Gasteiger partial charge is 0.462 e. The lowest BCUT2D eigenvalue weighted by molar-refractivity contribution is -0.151. The second-order valence-electron chi connectivity index (χ2n) is 20.8. The first-order valence-electron chi connectivity index (χ1n) is 30.1. The summed E-state index contributed by atoms with van der Waals surface area (Å²) < 4.78 is 5.96. The summed E-state index contributed by atoms with van der Waals surface area (Å²) in [6, 6.07) is -0.705. The summed E-state index contributed by atoms with van der Waals surface area (Å²) in [6.07, 6.45) is 65.4. The van der Waals surface area contributed by atoms with Crippen molar-refractivity contribution in [3.05, 3.63) is 24.3 Å². The molecule has 0 aromatic rings. The molecule has 0 aliphatic carbocycles. The van der Waals surface area contributed by atoms with Crippen LogP contribution in [0.3, 0.4) is 0 Å². The minimum Gasteiger partial charge on any atom is -0.462 e. The maximum Gasteiger partial charge on any atom is 0.306 e. The van der Waals surface area contributed by atoms with Crippen LogP contribution in [-0.4, -0.2) is 46.9 Å². The molecule has 0 saturated heterocycles. The van der Waals surface area contributed by atoms with Gasteiger partial charge in [0.2, 0.25) is 5.91 Å². The number of carbonyl (C=O) groups excluding carboxylic acids is 2. The number of ether oxygens (including phenoxy) is 1. The van der Waals surface area contributed by atoms with E-state index >= 15 is 0 Å². The third-order valence-electron chi connectivity index (χ3n) is 14.1. The average molecular weight is 945 g/mol. The molecule has 0 aromatic carbocycles. The fourth-order valence-electron chi connectivity index (χ4n) is 9.48. The van der Waals surface area contributed by atoms with Gasteiger partial charge < -0.3 is 20.3 Å². The van der Waals surface area contributed by atoms with Gasteiger partial charge in [0.05, 0.1) is 25.2 Å². The lowest BCUT2D eigenvalue weighted by Gasteiger charge is -2.24. The van der Waals surface area contributed by atoms with E-state index in [1.54, 1.807) is 0 Å². The molecule has 0 aliphatic heterocycles. The molecule has 0 radical (unpaired) electrons. The Hall–Kier alpha value is -1.66. The van der Waals surface area contributed by atoms with Gasteiger partial charge in [-0.05, 0) is 51.4 Å². The fourth-order valence-corrected chi connectivity index (χ4v) is 9.48. The van der Waals surface area contributed by atoms with Crippen molar-refractivity contribution in [3.63, 3.8) is 0 Å². The number of unbranched alkanes of at least 4 members (excludes halogenated alkanes) is 40. The lowest BCUT2D eigenvalue weighted by Crippen LogP contribution is -2.46. The summed E-state index contributed by atoms with van der Waals surface area (Å²) in [7, 11) is 0. The smallest absolute Gasteiger partial charge is 0.306 e. The van der Waals surface area contributed by atoms with Gasteiger partial charge in [-0.25, -0.2) is 0 Å². The number of hydrogen-bond acceptors (Lipinski definition) is 5. The predicted octanol–water partition coefficient (Wildman–Crippen LogP) is 18.6. The van der Waals surface area contributed by atoms with Crippen LogP contribution in [0, 0.1) is 0 Å². The van der Waals surface area contributed by atoms with Crippen LogP contribution >= 0.6 is 0 Å². The third-order valence-corrected chi connectivity index (χ3v) is 14.1. The van der Waals surface area contributed by atoms with Gasteiger partial charge in [-0.3, -0.25) is 9.59 Å². The molecule has 1 amide bonds. The van der Waals surface area contributed by atoms with Crippen LogP contribution in [0.15, 0.2) is 24.3 Å². The van der Waals surface area contributed by atoms with Crippen LogP contribution in [0.5, 0.6) is 0 Å². The van der Waals surface area contributed by atoms with Crippen molar-refractivity contribution in [2.24, 2.45) is 0 Å². The Kier molecular flexibility index (Phi) is 53.9. The Balaban J connectivity index is 4.46. The molecule has 6 nitrogen and oxygen atoms in total. The number of rotatable bonds is 55. The van der Waals surface area contributed by atoms with Crippen LogP contribution in [0.1, 0.15) is 329 Å². The Morgan fingerprint density at radius 3 is 1.13 bits per heavy atom. The van der Waals surface area contributed by atoms with Crippen molar-refractivity contribution >= 4 is 11.9 Å². The van der Waals surface area contributed by atoms with Gasteiger partial charge in [0.1, 0.15) is 6.10 Å². The van der Waals surface area contributed by atoms with Crippen LogP contribution < -0.4 is 5.32 Å². The number of amides is 1. The van der Waals surface area contributed by atoms with Crippen LogP contribution in [0.4, 0.5) is 0 Å². The zero-order chi connectivity index (χ0) is 48.8. The molecule has 0 bridgehead atoms. The van der Waals surface area contributed by atoms with Gasteiger partial charge >= 0.3 is 5.97 Å². The minimum absolute atomic E-state index is 0.0700. The zero-order valence-electron chi connectivity index (χ0n) is 45.3. The van der Waals surface area contributed by atoms with Crippen molar-refractivity contribution in [1.82, 2.24) is 5.32 Å². The number of aliphatic hydroxyl groups excluding tert-OH is 2. The quantitative estimate of drug-likeness (QED) is 0.0321. The molecule has 0 fully saturated rings. The maximum absolute atomic E-state index is 13.3. The average Bonchev–Trinajstić information content (AvgIpc) is 3.32. The third kappa shape index (κ3) is 50.5. The molecule has 6 heteroatoms. The van der Waals surface area contributed by atoms with E-state index < -0.39 is 18.2 Å². The highest BCUT2D eigenvalue weighted by Gasteiger charge is 2.24. The van der Waals surface area contributed by atoms with Gasteiger partial charge in [-0.15, -0.1) is 0 Å². The van der Waals surface area contributed by atoms with E-state index in [0.29, 0.717) is 19.3 Å². The number of esters is 1. The number of aliphatic hydroxyl groups is 2. The highest BCUT2D eigenvalue weighted by molar-refractivity contribution is 5.77. The Morgan fingerprint density at radius 1 is 0.433 bits per heavy atom. The van der Waals surface area contributed by atoms with Crippen molar-refractivity contribution < 1.29 is 24.5 Å². The molecule has 3 atom stereocenters. The molecule has 3 N–H and O–H groups in total. The number of hydrogen-bond donors (Lipinski definition) is 3. The van der Waals surface area contributed by atoms with Gasteiger partial charge in [-0.1, -0.05) is 289 Å². The molecule has 0 aliphatic rings. The molecule has 0 heterocycles. The highest BCUT2D eigenvalue weighted by atomic mass is 16.5. The lowest BCUT2D eigenvalue weighted by atomic mass is 10.0. The highest BCUT2D eigenvalue weighted by Crippen LogP contribution is 2.19. The van der Waals surface area contributed by atoms with Crippen LogP contribution in [0.2, 0.25) is 0 Å². The van der Waals surface area contributed by atoms with E-state index in [2.05, 4.69) is 50.4 Å². The summed E-state index contributed by atoms with van der Waals surface area (Å²) in [4.78, 5) is 26.3. The van der Waals surface area contributed by atoms with E-state index in [1.807, 2.05) is 0 Å². The molecule has 3 unspecified atom stereocenters. The molecular weight excluding hydrogens is 827 g/mol. The summed E-state index contributed by atoms with van der Waals surface area (Å²) >= 11 is 0. The van der Waals surface area contributed by atoms with E-state index in [4.69, 9.17) is 4.74 Å². The van der Waals surface area contributed by atoms with Crippen LogP contribution in [-0.2, 0) is 14.3 Å². The zero-order valence-corrected chi connectivity index (χ0v) is 45.3. The van der Waals surface area contributed by atoms with E-state index in [1.165, 1.54) is 212 Å². The minimum atomic E-state index is -0.790. The molecule has 67 heavy (non-hydrogen) atoms. The molecule has 0 saturated carbocycles. The number of nitrogens with one attached hydrogen (secondary N) is 1. The van der Waals surface area contributed by atoms with Gasteiger partial charge in [0, 0.05) is 6.42 Å². The normalized spacial score (nSPS) is 13.2. The summed E-state index contributed by atoms with van der Waals surface area (Å²) in [5.74, 6) is -0.473. The number of allylic oxidation sites excluding steroid dienone is 4. The van der Waals surface area contributed by atoms with Crippen molar-refractivity contribution in [2.45, 2.75) is 347 Å². The molecular formula is C61H117NO5. The van der Waals surface area contributed by atoms with Gasteiger partial charge in [0.25, 0.3) is 0 Å². The molecule has 0 aromatic heterocycles. The molecule has 396 valence electrons. The SMILES string of the molecule is CCCCC/C=C/C=C/CCCCCCC(CC(=O)NC(CO)C(O)CCCCCCCCCCCCCCCCCC)OC(=O)CCCCCCCCCCCCCCCCCCCCC. The second-order valence-corrected chi connectivity index (χ2v) is 20.8. The summed E-state index contributed by atoms with van der Waals surface area (Å²) in [6.45, 7) is 6.50. The van der Waals surface area contributed by atoms with Gasteiger partial charge in [0.15, 0.2) is 0 Å². The fraction of sp³-hybridized carbons (Fsp3) is 0.902. The van der Waals surface area contributed by atoms with E-state index in [-0.39, 0.29) is 24.9 Å². The Morgan fingerprint density at radius 2 is 0.746 bits per heavy atom. The molecule has 0 rings (SSSR count).